The molecule has 1 N–H and O–H groups in total. The second-order valence-electron chi connectivity index (χ2n) is 5.89. The molecule has 1 saturated heterocycles. The Balaban J connectivity index is 2.14. The molecule has 1 aliphatic rings. The van der Waals surface area contributed by atoms with Crippen LogP contribution in [0.25, 0.3) is 0 Å². The summed E-state index contributed by atoms with van der Waals surface area (Å²) in [7, 11) is -2.61. The van der Waals surface area contributed by atoms with E-state index in [1.165, 1.54) is 0 Å². The number of likely N-dealkylation sites (tertiary alicyclic amines) is 1. The average Bonchev–Trinajstić information content (AvgIpc) is 2.52. The van der Waals surface area contributed by atoms with E-state index in [0.29, 0.717) is 38.2 Å². The maximum Gasteiger partial charge on any atom is 0.419 e. The van der Waals surface area contributed by atoms with Crippen LogP contribution in [0.3, 0.4) is 0 Å². The van der Waals surface area contributed by atoms with Gasteiger partial charge in [-0.15, -0.1) is 0 Å². The number of sulfonamides is 1. The number of nitrogens with one attached hydrogen (secondary N) is 1. The van der Waals surface area contributed by atoms with Crippen LogP contribution < -0.4 is 4.72 Å². The van der Waals surface area contributed by atoms with Crippen molar-refractivity contribution in [2.45, 2.75) is 30.0 Å². The van der Waals surface area contributed by atoms with E-state index in [-0.39, 0.29) is 0 Å². The van der Waals surface area contributed by atoms with Crippen LogP contribution in [0.2, 0.25) is 0 Å². The Morgan fingerprint density at radius 2 is 2.08 bits per heavy atom. The summed E-state index contributed by atoms with van der Waals surface area (Å²) in [6, 6.07) is 1.25. The minimum Gasteiger partial charge on any atom is -0.383 e. The average molecular weight is 384 g/mol. The van der Waals surface area contributed by atoms with Gasteiger partial charge in [0, 0.05) is 26.2 Å². The van der Waals surface area contributed by atoms with Gasteiger partial charge in [-0.1, -0.05) is 0 Å². The normalized spacial score (nSPS) is 20.0. The Kier molecular flexibility index (Phi) is 6.41. The molecule has 0 amide bonds. The summed E-state index contributed by atoms with van der Waals surface area (Å²) < 4.78 is 83.8. The Morgan fingerprint density at radius 3 is 2.72 bits per heavy atom. The number of piperidine rings is 1. The lowest BCUT2D eigenvalue weighted by Crippen LogP contribution is -2.48. The Bertz CT molecular complexity index is 695. The molecule has 0 saturated carbocycles. The van der Waals surface area contributed by atoms with Crippen LogP contribution in [0.4, 0.5) is 17.6 Å². The van der Waals surface area contributed by atoms with E-state index >= 15 is 0 Å². The Hall–Kier alpha value is -1.23. The predicted octanol–water partition coefficient (Wildman–Crippen LogP) is 2.23. The molecular formula is C15H20F4N2O3S. The molecule has 0 radical (unpaired) electrons. The van der Waals surface area contributed by atoms with E-state index in [0.717, 1.165) is 19.0 Å². The predicted molar refractivity (Wildman–Crippen MR) is 83.1 cm³/mol. The number of nitrogens with zero attached hydrogens (tertiary/aromatic N) is 1. The number of alkyl halides is 3. The van der Waals surface area contributed by atoms with Gasteiger partial charge in [-0.2, -0.15) is 13.2 Å². The Labute approximate surface area is 144 Å². The number of rotatable bonds is 6. The molecule has 1 atom stereocenters. The first-order chi connectivity index (χ1) is 11.6. The van der Waals surface area contributed by atoms with Crippen LogP contribution in [0.15, 0.2) is 23.1 Å². The zero-order chi connectivity index (χ0) is 18.7. The third-order valence-electron chi connectivity index (χ3n) is 3.99. The van der Waals surface area contributed by atoms with E-state index in [4.69, 9.17) is 4.74 Å². The fraction of sp³-hybridized carbons (Fsp3) is 0.600. The summed E-state index contributed by atoms with van der Waals surface area (Å²) in [5.74, 6) is -1.50. The molecule has 1 aliphatic heterocycles. The monoisotopic (exact) mass is 384 g/mol. The second kappa shape index (κ2) is 7.98. The van der Waals surface area contributed by atoms with Crippen LogP contribution in [0.5, 0.6) is 0 Å². The molecule has 10 heteroatoms. The van der Waals surface area contributed by atoms with Crippen LogP contribution in [0.1, 0.15) is 18.4 Å². The van der Waals surface area contributed by atoms with Crippen molar-refractivity contribution in [3.63, 3.8) is 0 Å². The quantitative estimate of drug-likeness (QED) is 0.765. The van der Waals surface area contributed by atoms with Gasteiger partial charge in [-0.3, -0.25) is 4.90 Å². The van der Waals surface area contributed by atoms with E-state index in [1.807, 2.05) is 4.90 Å². The summed E-state index contributed by atoms with van der Waals surface area (Å²) in [6.07, 6.45) is -3.62. The highest BCUT2D eigenvalue weighted by atomic mass is 32.2. The number of methoxy groups -OCH3 is 1. The molecule has 0 aromatic heterocycles. The van der Waals surface area contributed by atoms with Crippen molar-refractivity contribution in [1.29, 1.82) is 0 Å². The van der Waals surface area contributed by atoms with Crippen molar-refractivity contribution >= 4 is 10.0 Å². The number of hydrogen-bond acceptors (Lipinski definition) is 4. The minimum absolute atomic E-state index is 0.323. The molecule has 0 aliphatic carbocycles. The molecule has 0 spiro atoms. The van der Waals surface area contributed by atoms with Gasteiger partial charge in [0.25, 0.3) is 0 Å². The summed E-state index contributed by atoms with van der Waals surface area (Å²) in [5, 5.41) is 0. The molecule has 1 aromatic carbocycles. The van der Waals surface area contributed by atoms with Gasteiger partial charge in [0.2, 0.25) is 10.0 Å². The zero-order valence-corrected chi connectivity index (χ0v) is 14.5. The number of hydrogen-bond donors (Lipinski definition) is 1. The maximum atomic E-state index is 13.3. The van der Waals surface area contributed by atoms with Crippen LogP contribution in [0, 0.1) is 5.82 Å². The van der Waals surface area contributed by atoms with Gasteiger partial charge in [0.1, 0.15) is 5.82 Å². The van der Waals surface area contributed by atoms with Crippen LogP contribution in [-0.2, 0) is 20.9 Å². The number of benzene rings is 1. The van der Waals surface area contributed by atoms with Gasteiger partial charge < -0.3 is 4.74 Å². The highest BCUT2D eigenvalue weighted by Crippen LogP contribution is 2.32. The first kappa shape index (κ1) is 20.1. The molecule has 1 aromatic rings. The van der Waals surface area contributed by atoms with Gasteiger partial charge in [0.15, 0.2) is 0 Å². The van der Waals surface area contributed by atoms with E-state index in [9.17, 15) is 26.0 Å². The van der Waals surface area contributed by atoms with E-state index in [1.54, 1.807) is 7.11 Å². The standard InChI is InChI=1S/C15H20F4N2O3S/c1-24-8-7-21-6-2-3-11(10-21)20-25(22,23)12-4-5-14(16)13(9-12)15(17,18)19/h4-5,9,11,20H,2-3,6-8,10H2,1H3. The van der Waals surface area contributed by atoms with Crippen molar-refractivity contribution in [2.75, 3.05) is 33.4 Å². The van der Waals surface area contributed by atoms with Gasteiger partial charge >= 0.3 is 6.18 Å². The summed E-state index contributed by atoms with van der Waals surface area (Å²) in [6.45, 7) is 2.39. The largest absolute Gasteiger partial charge is 0.419 e. The molecule has 5 nitrogen and oxygen atoms in total. The molecule has 1 heterocycles. The second-order valence-corrected chi connectivity index (χ2v) is 7.61. The maximum absolute atomic E-state index is 13.3. The fourth-order valence-electron chi connectivity index (χ4n) is 2.75. The molecule has 0 bridgehead atoms. The Morgan fingerprint density at radius 1 is 1.36 bits per heavy atom. The highest BCUT2D eigenvalue weighted by molar-refractivity contribution is 7.89. The minimum atomic E-state index is -4.96. The molecule has 1 fully saturated rings. The molecular weight excluding hydrogens is 364 g/mol. The first-order valence-electron chi connectivity index (χ1n) is 7.74. The van der Waals surface area contributed by atoms with Crippen molar-refractivity contribution in [3.05, 3.63) is 29.6 Å². The molecule has 1 unspecified atom stereocenters. The van der Waals surface area contributed by atoms with Crippen molar-refractivity contribution in [1.82, 2.24) is 9.62 Å². The smallest absolute Gasteiger partial charge is 0.383 e. The number of ether oxygens (including phenoxy) is 1. The van der Waals surface area contributed by atoms with Crippen molar-refractivity contribution in [2.24, 2.45) is 0 Å². The topological polar surface area (TPSA) is 58.6 Å². The number of halogens is 4. The SMILES string of the molecule is COCCN1CCCC(NS(=O)(=O)c2ccc(F)c(C(F)(F)F)c2)C1. The van der Waals surface area contributed by atoms with Crippen LogP contribution >= 0.6 is 0 Å². The molecule has 142 valence electrons. The third-order valence-corrected chi connectivity index (χ3v) is 5.51. The highest BCUT2D eigenvalue weighted by Gasteiger charge is 2.35. The summed E-state index contributed by atoms with van der Waals surface area (Å²) in [5.41, 5.74) is -1.60. The lowest BCUT2D eigenvalue weighted by molar-refractivity contribution is -0.140. The fourth-order valence-corrected chi connectivity index (χ4v) is 4.04. The van der Waals surface area contributed by atoms with E-state index < -0.39 is 38.5 Å². The zero-order valence-electron chi connectivity index (χ0n) is 13.6. The van der Waals surface area contributed by atoms with Gasteiger partial charge in [-0.25, -0.2) is 17.5 Å². The van der Waals surface area contributed by atoms with Gasteiger partial charge in [-0.05, 0) is 37.6 Å². The van der Waals surface area contributed by atoms with E-state index in [2.05, 4.69) is 4.72 Å². The van der Waals surface area contributed by atoms with Crippen molar-refractivity contribution < 1.29 is 30.7 Å². The van der Waals surface area contributed by atoms with Gasteiger partial charge in [0.05, 0.1) is 17.1 Å². The lowest BCUT2D eigenvalue weighted by Gasteiger charge is -2.32. The third kappa shape index (κ3) is 5.37. The molecule has 25 heavy (non-hydrogen) atoms. The summed E-state index contributed by atoms with van der Waals surface area (Å²) in [4.78, 5) is 1.42. The summed E-state index contributed by atoms with van der Waals surface area (Å²) >= 11 is 0. The lowest BCUT2D eigenvalue weighted by atomic mass is 10.1. The van der Waals surface area contributed by atoms with Crippen molar-refractivity contribution in [3.8, 4) is 0 Å². The first-order valence-corrected chi connectivity index (χ1v) is 9.22. The molecule has 2 rings (SSSR count). The van der Waals surface area contributed by atoms with Crippen LogP contribution in [-0.4, -0.2) is 52.7 Å².